The van der Waals surface area contributed by atoms with Crippen molar-refractivity contribution in [3.05, 3.63) is 58.7 Å². The van der Waals surface area contributed by atoms with E-state index in [9.17, 15) is 4.79 Å². The zero-order valence-electron chi connectivity index (χ0n) is 10.3. The third-order valence-electron chi connectivity index (χ3n) is 3.01. The van der Waals surface area contributed by atoms with E-state index in [1.54, 1.807) is 30.3 Å². The van der Waals surface area contributed by atoms with Gasteiger partial charge in [0.1, 0.15) is 11.3 Å². The Morgan fingerprint density at radius 1 is 1.26 bits per heavy atom. The molecular formula is C15H11ClO3. The highest BCUT2D eigenvalue weighted by Crippen LogP contribution is 2.25. The van der Waals surface area contributed by atoms with Gasteiger partial charge < -0.3 is 8.83 Å². The van der Waals surface area contributed by atoms with Crippen molar-refractivity contribution in [1.82, 2.24) is 0 Å². The number of halogens is 1. The fourth-order valence-corrected chi connectivity index (χ4v) is 2.26. The zero-order chi connectivity index (χ0) is 13.4. The minimum absolute atomic E-state index is 0.169. The molecule has 1 aromatic carbocycles. The van der Waals surface area contributed by atoms with Gasteiger partial charge in [-0.1, -0.05) is 18.5 Å². The fourth-order valence-electron chi connectivity index (χ4n) is 2.08. The van der Waals surface area contributed by atoms with E-state index in [0.717, 1.165) is 5.39 Å². The zero-order valence-corrected chi connectivity index (χ0v) is 11.0. The Kier molecular flexibility index (Phi) is 2.91. The molecule has 0 bridgehead atoms. The number of ketones is 1. The standard InChI is InChI=1S/C15H11ClO3/c1-2-12-11(5-6-18-12)15(17)14-8-9-7-10(16)3-4-13(9)19-14/h3-8H,2H2,1H3. The molecule has 96 valence electrons. The van der Waals surface area contributed by atoms with Gasteiger partial charge in [0.05, 0.1) is 11.8 Å². The first kappa shape index (κ1) is 12.1. The van der Waals surface area contributed by atoms with Crippen LogP contribution in [0, 0.1) is 0 Å². The first-order valence-corrected chi connectivity index (χ1v) is 6.37. The molecule has 0 amide bonds. The number of benzene rings is 1. The number of hydrogen-bond donors (Lipinski definition) is 0. The van der Waals surface area contributed by atoms with Crippen molar-refractivity contribution in [2.45, 2.75) is 13.3 Å². The van der Waals surface area contributed by atoms with E-state index in [2.05, 4.69) is 0 Å². The van der Waals surface area contributed by atoms with E-state index >= 15 is 0 Å². The summed E-state index contributed by atoms with van der Waals surface area (Å²) in [5, 5.41) is 1.43. The van der Waals surface area contributed by atoms with Crippen molar-refractivity contribution in [2.24, 2.45) is 0 Å². The Bertz CT molecular complexity index is 752. The number of furan rings is 2. The fraction of sp³-hybridized carbons (Fsp3) is 0.133. The van der Waals surface area contributed by atoms with Crippen LogP contribution in [0.15, 0.2) is 45.4 Å². The monoisotopic (exact) mass is 274 g/mol. The average Bonchev–Trinajstić information content (AvgIpc) is 3.03. The summed E-state index contributed by atoms with van der Waals surface area (Å²) < 4.78 is 10.8. The van der Waals surface area contributed by atoms with Gasteiger partial charge in [0.25, 0.3) is 0 Å². The molecule has 0 unspecified atom stereocenters. The molecule has 3 nitrogen and oxygen atoms in total. The molecule has 0 N–H and O–H groups in total. The molecule has 0 aliphatic rings. The number of hydrogen-bond acceptors (Lipinski definition) is 3. The molecule has 2 aromatic heterocycles. The summed E-state index contributed by atoms with van der Waals surface area (Å²) in [4.78, 5) is 12.4. The van der Waals surface area contributed by atoms with Gasteiger partial charge in [0.15, 0.2) is 5.76 Å². The topological polar surface area (TPSA) is 43.4 Å². The lowest BCUT2D eigenvalue weighted by Gasteiger charge is -1.96. The third-order valence-corrected chi connectivity index (χ3v) is 3.25. The lowest BCUT2D eigenvalue weighted by molar-refractivity contribution is 0.101. The summed E-state index contributed by atoms with van der Waals surface area (Å²) in [5.41, 5.74) is 1.20. The second kappa shape index (κ2) is 4.59. The molecule has 4 heteroatoms. The van der Waals surface area contributed by atoms with Crippen molar-refractivity contribution >= 4 is 28.4 Å². The molecule has 0 atom stereocenters. The van der Waals surface area contributed by atoms with Crippen molar-refractivity contribution in [1.29, 1.82) is 0 Å². The van der Waals surface area contributed by atoms with Crippen molar-refractivity contribution in [3.63, 3.8) is 0 Å². The van der Waals surface area contributed by atoms with Crippen LogP contribution in [0.1, 0.15) is 28.8 Å². The molecule has 0 fully saturated rings. The van der Waals surface area contributed by atoms with Crippen molar-refractivity contribution in [2.75, 3.05) is 0 Å². The highest BCUT2D eigenvalue weighted by molar-refractivity contribution is 6.31. The smallest absolute Gasteiger partial charge is 0.231 e. The lowest BCUT2D eigenvalue weighted by Crippen LogP contribution is -2.00. The van der Waals surface area contributed by atoms with Crippen LogP contribution in [-0.2, 0) is 6.42 Å². The maximum atomic E-state index is 12.4. The summed E-state index contributed by atoms with van der Waals surface area (Å²) >= 11 is 5.91. The number of rotatable bonds is 3. The molecule has 3 rings (SSSR count). The van der Waals surface area contributed by atoms with Gasteiger partial charge >= 0.3 is 0 Å². The number of carbonyl (C=O) groups excluding carboxylic acids is 1. The van der Waals surface area contributed by atoms with E-state index in [0.29, 0.717) is 34.1 Å². The minimum atomic E-state index is -0.169. The highest BCUT2D eigenvalue weighted by Gasteiger charge is 2.19. The maximum absolute atomic E-state index is 12.4. The van der Waals surface area contributed by atoms with E-state index < -0.39 is 0 Å². The highest BCUT2D eigenvalue weighted by atomic mass is 35.5. The summed E-state index contributed by atoms with van der Waals surface area (Å²) in [6, 6.07) is 8.63. The Morgan fingerprint density at radius 2 is 2.11 bits per heavy atom. The minimum Gasteiger partial charge on any atom is -0.469 e. The summed E-state index contributed by atoms with van der Waals surface area (Å²) in [7, 11) is 0. The van der Waals surface area contributed by atoms with Crippen LogP contribution in [0.25, 0.3) is 11.0 Å². The van der Waals surface area contributed by atoms with Gasteiger partial charge in [-0.05, 0) is 30.3 Å². The summed E-state index contributed by atoms with van der Waals surface area (Å²) in [5.74, 6) is 0.801. The predicted molar refractivity (Wildman–Crippen MR) is 72.7 cm³/mol. The molecule has 0 saturated carbocycles. The Labute approximate surface area is 114 Å². The Morgan fingerprint density at radius 3 is 2.89 bits per heavy atom. The van der Waals surface area contributed by atoms with Crippen LogP contribution >= 0.6 is 11.6 Å². The second-order valence-corrected chi connectivity index (χ2v) is 4.67. The van der Waals surface area contributed by atoms with E-state index in [-0.39, 0.29) is 5.78 Å². The molecule has 19 heavy (non-hydrogen) atoms. The van der Waals surface area contributed by atoms with Crippen molar-refractivity contribution in [3.8, 4) is 0 Å². The Hall–Kier alpha value is -2.00. The molecule has 0 saturated heterocycles. The van der Waals surface area contributed by atoms with Gasteiger partial charge in [0.2, 0.25) is 5.78 Å². The van der Waals surface area contributed by atoms with E-state index in [4.69, 9.17) is 20.4 Å². The van der Waals surface area contributed by atoms with Crippen LogP contribution in [0.4, 0.5) is 0 Å². The number of aryl methyl sites for hydroxylation is 1. The quantitative estimate of drug-likeness (QED) is 0.662. The number of fused-ring (bicyclic) bond motifs is 1. The SMILES string of the molecule is CCc1occc1C(=O)c1cc2cc(Cl)ccc2o1. The van der Waals surface area contributed by atoms with Crippen LogP contribution in [-0.4, -0.2) is 5.78 Å². The first-order valence-electron chi connectivity index (χ1n) is 5.99. The van der Waals surface area contributed by atoms with Gasteiger partial charge in [0, 0.05) is 16.8 Å². The summed E-state index contributed by atoms with van der Waals surface area (Å²) in [6.45, 7) is 1.94. The van der Waals surface area contributed by atoms with Gasteiger partial charge in [-0.15, -0.1) is 0 Å². The maximum Gasteiger partial charge on any atom is 0.231 e. The lowest BCUT2D eigenvalue weighted by atomic mass is 10.1. The normalized spacial score (nSPS) is 11.1. The molecule has 0 aliphatic heterocycles. The van der Waals surface area contributed by atoms with Gasteiger partial charge in [-0.2, -0.15) is 0 Å². The molecule has 2 heterocycles. The van der Waals surface area contributed by atoms with Crippen molar-refractivity contribution < 1.29 is 13.6 Å². The van der Waals surface area contributed by atoms with Crippen LogP contribution in [0.5, 0.6) is 0 Å². The molecular weight excluding hydrogens is 264 g/mol. The first-order chi connectivity index (χ1) is 9.19. The van der Waals surface area contributed by atoms with E-state index in [1.807, 2.05) is 6.92 Å². The largest absolute Gasteiger partial charge is 0.469 e. The third kappa shape index (κ3) is 2.06. The second-order valence-electron chi connectivity index (χ2n) is 4.23. The molecule has 0 radical (unpaired) electrons. The summed E-state index contributed by atoms with van der Waals surface area (Å²) in [6.07, 6.45) is 2.19. The van der Waals surface area contributed by atoms with Crippen LogP contribution in [0.3, 0.4) is 0 Å². The molecule has 0 aliphatic carbocycles. The van der Waals surface area contributed by atoms with E-state index in [1.165, 1.54) is 6.26 Å². The van der Waals surface area contributed by atoms with Gasteiger partial charge in [-0.3, -0.25) is 4.79 Å². The predicted octanol–water partition coefficient (Wildman–Crippen LogP) is 4.47. The molecule has 0 spiro atoms. The number of carbonyl (C=O) groups is 1. The van der Waals surface area contributed by atoms with Crippen LogP contribution in [0.2, 0.25) is 5.02 Å². The Balaban J connectivity index is 2.07. The average molecular weight is 275 g/mol. The van der Waals surface area contributed by atoms with Gasteiger partial charge in [-0.25, -0.2) is 0 Å². The molecule has 3 aromatic rings. The van der Waals surface area contributed by atoms with Crippen LogP contribution < -0.4 is 0 Å².